The van der Waals surface area contributed by atoms with E-state index < -0.39 is 0 Å². The van der Waals surface area contributed by atoms with Crippen LogP contribution in [0.25, 0.3) is 0 Å². The van der Waals surface area contributed by atoms with Gasteiger partial charge in [-0.3, -0.25) is 4.79 Å². The Kier molecular flexibility index (Phi) is 4.29. The Morgan fingerprint density at radius 2 is 2.14 bits per heavy atom. The third-order valence-electron chi connectivity index (χ3n) is 3.87. The summed E-state index contributed by atoms with van der Waals surface area (Å²) in [5, 5.41) is 6.44. The summed E-state index contributed by atoms with van der Waals surface area (Å²) >= 11 is 0. The van der Waals surface area contributed by atoms with E-state index in [-0.39, 0.29) is 11.9 Å². The van der Waals surface area contributed by atoms with E-state index in [2.05, 4.69) is 17.6 Å². The van der Waals surface area contributed by atoms with E-state index in [1.54, 1.807) is 0 Å². The van der Waals surface area contributed by atoms with Crippen molar-refractivity contribution in [1.82, 2.24) is 10.6 Å². The normalized spacial score (nSPS) is 17.6. The zero-order valence-corrected chi connectivity index (χ0v) is 12.4. The molecule has 2 aliphatic rings. The molecule has 5 nitrogen and oxygen atoms in total. The van der Waals surface area contributed by atoms with E-state index in [0.717, 1.165) is 37.3 Å². The summed E-state index contributed by atoms with van der Waals surface area (Å²) in [6.45, 7) is 3.24. The second-order valence-corrected chi connectivity index (χ2v) is 5.73. The number of carbonyl (C=O) groups is 1. The Morgan fingerprint density at radius 1 is 1.33 bits per heavy atom. The first kappa shape index (κ1) is 14.2. The van der Waals surface area contributed by atoms with Crippen molar-refractivity contribution in [3.8, 4) is 11.5 Å². The molecule has 0 bridgehead atoms. The van der Waals surface area contributed by atoms with Crippen LogP contribution >= 0.6 is 0 Å². The molecule has 1 aliphatic heterocycles. The molecule has 1 aliphatic carbocycles. The van der Waals surface area contributed by atoms with Crippen LogP contribution in [0.15, 0.2) is 18.2 Å². The first-order chi connectivity index (χ1) is 10.2. The monoisotopic (exact) mass is 290 g/mol. The van der Waals surface area contributed by atoms with Crippen molar-refractivity contribution >= 4 is 5.91 Å². The molecule has 1 aromatic carbocycles. The molecule has 1 heterocycles. The number of hydrogen-bond donors (Lipinski definition) is 2. The van der Waals surface area contributed by atoms with Gasteiger partial charge in [-0.1, -0.05) is 6.07 Å². The lowest BCUT2D eigenvalue weighted by Gasteiger charge is -2.14. The third kappa shape index (κ3) is 3.88. The lowest BCUT2D eigenvalue weighted by atomic mass is 10.1. The fourth-order valence-corrected chi connectivity index (χ4v) is 2.40. The predicted octanol–water partition coefficient (Wildman–Crippen LogP) is 2.12. The van der Waals surface area contributed by atoms with E-state index in [4.69, 9.17) is 9.47 Å². The lowest BCUT2D eigenvalue weighted by Crippen LogP contribution is -2.27. The quantitative estimate of drug-likeness (QED) is 0.755. The first-order valence-electron chi connectivity index (χ1n) is 7.64. The summed E-state index contributed by atoms with van der Waals surface area (Å²) in [5.41, 5.74) is 1.17. The maximum Gasteiger partial charge on any atom is 0.231 e. The Labute approximate surface area is 125 Å². The zero-order chi connectivity index (χ0) is 14.7. The number of hydrogen-bond acceptors (Lipinski definition) is 4. The molecule has 0 radical (unpaired) electrons. The summed E-state index contributed by atoms with van der Waals surface area (Å²) in [6, 6.07) is 6.69. The summed E-state index contributed by atoms with van der Waals surface area (Å²) < 4.78 is 10.7. The van der Waals surface area contributed by atoms with Gasteiger partial charge in [-0.05, 0) is 50.4 Å². The number of nitrogens with one attached hydrogen (secondary N) is 2. The van der Waals surface area contributed by atoms with E-state index in [0.29, 0.717) is 19.3 Å². The highest BCUT2D eigenvalue weighted by molar-refractivity contribution is 5.76. The van der Waals surface area contributed by atoms with Crippen LogP contribution < -0.4 is 20.1 Å². The van der Waals surface area contributed by atoms with Crippen molar-refractivity contribution in [2.24, 2.45) is 0 Å². The molecule has 3 rings (SSSR count). The van der Waals surface area contributed by atoms with Gasteiger partial charge in [0, 0.05) is 18.5 Å². The van der Waals surface area contributed by atoms with Crippen LogP contribution in [-0.2, 0) is 4.79 Å². The van der Waals surface area contributed by atoms with Gasteiger partial charge < -0.3 is 20.1 Å². The topological polar surface area (TPSA) is 59.6 Å². The van der Waals surface area contributed by atoms with Crippen molar-refractivity contribution in [3.05, 3.63) is 23.8 Å². The molecule has 0 spiro atoms. The fourth-order valence-electron chi connectivity index (χ4n) is 2.40. The standard InChI is InChI=1S/C16H22N2O3/c1-11(12-4-7-14-15(9-12)21-10-20-14)17-8-2-3-16(19)18-13-5-6-13/h4,7,9,11,13,17H,2-3,5-6,8,10H2,1H3,(H,18,19). The van der Waals surface area contributed by atoms with Gasteiger partial charge >= 0.3 is 0 Å². The Bertz CT molecular complexity index is 514. The van der Waals surface area contributed by atoms with Crippen LogP contribution in [-0.4, -0.2) is 25.3 Å². The van der Waals surface area contributed by atoms with Gasteiger partial charge in [0.05, 0.1) is 0 Å². The van der Waals surface area contributed by atoms with Gasteiger partial charge in [0.1, 0.15) is 0 Å². The van der Waals surface area contributed by atoms with Crippen LogP contribution in [0.3, 0.4) is 0 Å². The maximum atomic E-state index is 11.6. The van der Waals surface area contributed by atoms with Gasteiger partial charge in [-0.2, -0.15) is 0 Å². The number of carbonyl (C=O) groups excluding carboxylic acids is 1. The molecular formula is C16H22N2O3. The highest BCUT2D eigenvalue weighted by Crippen LogP contribution is 2.34. The average molecular weight is 290 g/mol. The molecule has 114 valence electrons. The minimum Gasteiger partial charge on any atom is -0.454 e. The third-order valence-corrected chi connectivity index (χ3v) is 3.87. The highest BCUT2D eigenvalue weighted by Gasteiger charge is 2.22. The van der Waals surface area contributed by atoms with Crippen molar-refractivity contribution in [2.45, 2.75) is 44.7 Å². The van der Waals surface area contributed by atoms with Crippen LogP contribution in [0.4, 0.5) is 0 Å². The van der Waals surface area contributed by atoms with E-state index in [1.165, 1.54) is 5.56 Å². The molecular weight excluding hydrogens is 268 g/mol. The number of amides is 1. The molecule has 1 amide bonds. The van der Waals surface area contributed by atoms with Gasteiger partial charge in [0.25, 0.3) is 0 Å². The second kappa shape index (κ2) is 6.35. The smallest absolute Gasteiger partial charge is 0.231 e. The van der Waals surface area contributed by atoms with Crippen molar-refractivity contribution < 1.29 is 14.3 Å². The van der Waals surface area contributed by atoms with Crippen molar-refractivity contribution in [1.29, 1.82) is 0 Å². The fraction of sp³-hybridized carbons (Fsp3) is 0.562. The van der Waals surface area contributed by atoms with Crippen LogP contribution in [0.5, 0.6) is 11.5 Å². The minimum absolute atomic E-state index is 0.176. The Morgan fingerprint density at radius 3 is 2.95 bits per heavy atom. The molecule has 5 heteroatoms. The van der Waals surface area contributed by atoms with Crippen LogP contribution in [0, 0.1) is 0 Å². The molecule has 1 aromatic rings. The summed E-state index contributed by atoms with van der Waals surface area (Å²) in [5.74, 6) is 1.79. The summed E-state index contributed by atoms with van der Waals surface area (Å²) in [7, 11) is 0. The van der Waals surface area contributed by atoms with E-state index >= 15 is 0 Å². The number of ether oxygens (including phenoxy) is 2. The van der Waals surface area contributed by atoms with Gasteiger partial charge in [-0.15, -0.1) is 0 Å². The maximum absolute atomic E-state index is 11.6. The average Bonchev–Trinajstić information content (AvgIpc) is 3.16. The lowest BCUT2D eigenvalue weighted by molar-refractivity contribution is -0.121. The van der Waals surface area contributed by atoms with Crippen molar-refractivity contribution in [3.63, 3.8) is 0 Å². The van der Waals surface area contributed by atoms with Crippen LogP contribution in [0.2, 0.25) is 0 Å². The number of rotatable bonds is 7. The van der Waals surface area contributed by atoms with E-state index in [1.807, 2.05) is 18.2 Å². The van der Waals surface area contributed by atoms with Crippen LogP contribution in [0.1, 0.15) is 44.2 Å². The molecule has 0 saturated heterocycles. The molecule has 1 atom stereocenters. The van der Waals surface area contributed by atoms with Gasteiger partial charge in [0.15, 0.2) is 11.5 Å². The van der Waals surface area contributed by atoms with Crippen molar-refractivity contribution in [2.75, 3.05) is 13.3 Å². The largest absolute Gasteiger partial charge is 0.454 e. The highest BCUT2D eigenvalue weighted by atomic mass is 16.7. The Balaban J connectivity index is 1.39. The van der Waals surface area contributed by atoms with Gasteiger partial charge in [-0.25, -0.2) is 0 Å². The zero-order valence-electron chi connectivity index (χ0n) is 12.4. The first-order valence-corrected chi connectivity index (χ1v) is 7.64. The second-order valence-electron chi connectivity index (χ2n) is 5.73. The number of benzene rings is 1. The SMILES string of the molecule is CC(NCCCC(=O)NC1CC1)c1ccc2c(c1)OCO2. The molecule has 0 aromatic heterocycles. The molecule has 21 heavy (non-hydrogen) atoms. The predicted molar refractivity (Wildman–Crippen MR) is 79.4 cm³/mol. The summed E-state index contributed by atoms with van der Waals surface area (Å²) in [6.07, 6.45) is 3.74. The number of fused-ring (bicyclic) bond motifs is 1. The van der Waals surface area contributed by atoms with E-state index in [9.17, 15) is 4.79 Å². The Hall–Kier alpha value is -1.75. The summed E-state index contributed by atoms with van der Waals surface area (Å²) in [4.78, 5) is 11.6. The molecule has 2 N–H and O–H groups in total. The molecule has 1 unspecified atom stereocenters. The van der Waals surface area contributed by atoms with Gasteiger partial charge in [0.2, 0.25) is 12.7 Å². The minimum atomic E-state index is 0.176. The molecule has 1 saturated carbocycles. The molecule has 1 fully saturated rings.